The second-order valence-electron chi connectivity index (χ2n) is 5.52. The molecule has 1 aromatic carbocycles. The van der Waals surface area contributed by atoms with Crippen LogP contribution in [0.4, 0.5) is 9.52 Å². The molecule has 0 aliphatic carbocycles. The number of thiazole rings is 1. The molecule has 5 nitrogen and oxygen atoms in total. The van der Waals surface area contributed by atoms with E-state index < -0.39 is 6.10 Å². The fourth-order valence-corrected chi connectivity index (χ4v) is 3.26. The summed E-state index contributed by atoms with van der Waals surface area (Å²) >= 11 is 1.65. The highest BCUT2D eigenvalue weighted by Gasteiger charge is 2.20. The first kappa shape index (κ1) is 16.2. The van der Waals surface area contributed by atoms with E-state index in [2.05, 4.69) is 14.8 Å². The van der Waals surface area contributed by atoms with Gasteiger partial charge < -0.3 is 14.7 Å². The van der Waals surface area contributed by atoms with Crippen LogP contribution in [0.2, 0.25) is 0 Å². The lowest BCUT2D eigenvalue weighted by atomic mass is 10.2. The molecule has 7 heteroatoms. The van der Waals surface area contributed by atoms with Gasteiger partial charge in [0.05, 0.1) is 0 Å². The molecule has 2 aromatic rings. The summed E-state index contributed by atoms with van der Waals surface area (Å²) in [4.78, 5) is 8.82. The van der Waals surface area contributed by atoms with Crippen molar-refractivity contribution in [1.29, 1.82) is 0 Å². The van der Waals surface area contributed by atoms with Crippen LogP contribution in [0.15, 0.2) is 35.8 Å². The molecule has 3 rings (SSSR count). The van der Waals surface area contributed by atoms with E-state index in [1.165, 1.54) is 12.1 Å². The van der Waals surface area contributed by atoms with Crippen molar-refractivity contribution in [3.05, 3.63) is 41.7 Å². The predicted molar refractivity (Wildman–Crippen MR) is 88.7 cm³/mol. The average Bonchev–Trinajstić information content (AvgIpc) is 3.09. The van der Waals surface area contributed by atoms with Gasteiger partial charge in [0.2, 0.25) is 0 Å². The number of halogens is 1. The molecule has 0 bridgehead atoms. The molecule has 1 atom stereocenters. The summed E-state index contributed by atoms with van der Waals surface area (Å²) in [6, 6.07) is 5.82. The second kappa shape index (κ2) is 7.72. The number of aliphatic hydroxyl groups is 1. The van der Waals surface area contributed by atoms with Crippen LogP contribution in [0.5, 0.6) is 5.75 Å². The van der Waals surface area contributed by atoms with Crippen LogP contribution in [0, 0.1) is 5.82 Å². The van der Waals surface area contributed by atoms with Crippen molar-refractivity contribution in [1.82, 2.24) is 9.88 Å². The number of piperazine rings is 1. The van der Waals surface area contributed by atoms with Gasteiger partial charge in [-0.1, -0.05) is 0 Å². The molecule has 1 aromatic heterocycles. The van der Waals surface area contributed by atoms with Crippen LogP contribution >= 0.6 is 11.3 Å². The fourth-order valence-electron chi connectivity index (χ4n) is 2.57. The number of aromatic nitrogens is 1. The van der Waals surface area contributed by atoms with E-state index in [1.807, 2.05) is 11.6 Å². The lowest BCUT2D eigenvalue weighted by Gasteiger charge is -2.35. The molecule has 124 valence electrons. The number of hydrogen-bond acceptors (Lipinski definition) is 6. The van der Waals surface area contributed by atoms with Gasteiger partial charge in [-0.15, -0.1) is 11.3 Å². The van der Waals surface area contributed by atoms with Crippen molar-refractivity contribution in [2.75, 3.05) is 44.2 Å². The van der Waals surface area contributed by atoms with Crippen molar-refractivity contribution >= 4 is 16.5 Å². The highest BCUT2D eigenvalue weighted by atomic mass is 32.1. The van der Waals surface area contributed by atoms with Gasteiger partial charge in [0, 0.05) is 44.3 Å². The summed E-state index contributed by atoms with van der Waals surface area (Å²) in [6.07, 6.45) is 1.26. The number of benzene rings is 1. The maximum absolute atomic E-state index is 12.8. The number of aliphatic hydroxyl groups excluding tert-OH is 1. The number of nitrogens with zero attached hydrogens (tertiary/aromatic N) is 3. The van der Waals surface area contributed by atoms with Crippen LogP contribution in [0.1, 0.15) is 0 Å². The zero-order valence-electron chi connectivity index (χ0n) is 12.8. The number of hydrogen-bond donors (Lipinski definition) is 1. The summed E-state index contributed by atoms with van der Waals surface area (Å²) in [5.41, 5.74) is 0. The second-order valence-corrected chi connectivity index (χ2v) is 6.39. The molecule has 1 aliphatic heterocycles. The monoisotopic (exact) mass is 337 g/mol. The molecule has 0 spiro atoms. The number of rotatable bonds is 6. The largest absolute Gasteiger partial charge is 0.491 e. The first-order valence-corrected chi connectivity index (χ1v) is 8.52. The van der Waals surface area contributed by atoms with E-state index in [-0.39, 0.29) is 12.4 Å². The third-order valence-electron chi connectivity index (χ3n) is 3.79. The lowest BCUT2D eigenvalue weighted by Crippen LogP contribution is -2.49. The van der Waals surface area contributed by atoms with E-state index in [0.29, 0.717) is 12.3 Å². The Morgan fingerprint density at radius 3 is 2.61 bits per heavy atom. The molecule has 23 heavy (non-hydrogen) atoms. The van der Waals surface area contributed by atoms with Crippen LogP contribution in [0.3, 0.4) is 0 Å². The minimum atomic E-state index is -0.563. The third kappa shape index (κ3) is 4.63. The van der Waals surface area contributed by atoms with Crippen molar-refractivity contribution in [3.63, 3.8) is 0 Å². The van der Waals surface area contributed by atoms with Crippen LogP contribution in [0.25, 0.3) is 0 Å². The minimum absolute atomic E-state index is 0.207. The standard InChI is InChI=1S/C16H20FN3O2S/c17-13-1-3-15(4-2-13)22-12-14(21)11-19-6-8-20(9-7-19)16-18-5-10-23-16/h1-5,10,14,21H,6-9,11-12H2/t14-/m1/s1. The zero-order chi connectivity index (χ0) is 16.1. The van der Waals surface area contributed by atoms with Gasteiger partial charge in [-0.2, -0.15) is 0 Å². The third-order valence-corrected chi connectivity index (χ3v) is 4.62. The molecule has 1 N–H and O–H groups in total. The summed E-state index contributed by atoms with van der Waals surface area (Å²) in [6.45, 7) is 4.41. The van der Waals surface area contributed by atoms with Crippen LogP contribution in [-0.4, -0.2) is 60.4 Å². The fraction of sp³-hybridized carbons (Fsp3) is 0.438. The van der Waals surface area contributed by atoms with Gasteiger partial charge in [-0.25, -0.2) is 9.37 Å². The Balaban J connectivity index is 1.39. The first-order valence-electron chi connectivity index (χ1n) is 7.64. The van der Waals surface area contributed by atoms with Gasteiger partial charge in [0.15, 0.2) is 5.13 Å². The summed E-state index contributed by atoms with van der Waals surface area (Å²) in [7, 11) is 0. The topological polar surface area (TPSA) is 48.8 Å². The molecule has 0 radical (unpaired) electrons. The maximum atomic E-state index is 12.8. The smallest absolute Gasteiger partial charge is 0.185 e. The molecule has 1 aliphatic rings. The Labute approximate surface area is 138 Å². The van der Waals surface area contributed by atoms with E-state index in [0.717, 1.165) is 31.3 Å². The normalized spacial score (nSPS) is 17.2. The van der Waals surface area contributed by atoms with Gasteiger partial charge in [0.25, 0.3) is 0 Å². The van der Waals surface area contributed by atoms with E-state index in [1.54, 1.807) is 23.5 Å². The van der Waals surface area contributed by atoms with E-state index in [9.17, 15) is 9.50 Å². The summed E-state index contributed by atoms with van der Waals surface area (Å²) in [5.74, 6) is 0.273. The predicted octanol–water partition coefficient (Wildman–Crippen LogP) is 1.84. The van der Waals surface area contributed by atoms with E-state index in [4.69, 9.17) is 4.74 Å². The molecular formula is C16H20FN3O2S. The number of ether oxygens (including phenoxy) is 1. The number of β-amino-alcohol motifs (C(OH)–C–C–N with tert-alkyl or cyclic N) is 1. The Kier molecular flexibility index (Phi) is 5.43. The van der Waals surface area contributed by atoms with Crippen molar-refractivity contribution in [2.24, 2.45) is 0 Å². The molecule has 0 unspecified atom stereocenters. The Morgan fingerprint density at radius 1 is 1.22 bits per heavy atom. The molecular weight excluding hydrogens is 317 g/mol. The van der Waals surface area contributed by atoms with Gasteiger partial charge in [0.1, 0.15) is 24.3 Å². The Bertz CT molecular complexity index is 586. The number of anilines is 1. The highest BCUT2D eigenvalue weighted by molar-refractivity contribution is 7.13. The molecule has 0 amide bonds. The first-order chi connectivity index (χ1) is 11.2. The molecule has 1 fully saturated rings. The van der Waals surface area contributed by atoms with Crippen LogP contribution in [-0.2, 0) is 0 Å². The van der Waals surface area contributed by atoms with Crippen molar-refractivity contribution < 1.29 is 14.2 Å². The van der Waals surface area contributed by atoms with Crippen molar-refractivity contribution in [2.45, 2.75) is 6.10 Å². The van der Waals surface area contributed by atoms with Crippen LogP contribution < -0.4 is 9.64 Å². The molecule has 0 saturated carbocycles. The van der Waals surface area contributed by atoms with Gasteiger partial charge in [-0.3, -0.25) is 4.90 Å². The highest BCUT2D eigenvalue weighted by Crippen LogP contribution is 2.19. The lowest BCUT2D eigenvalue weighted by molar-refractivity contribution is 0.0663. The zero-order valence-corrected chi connectivity index (χ0v) is 13.6. The van der Waals surface area contributed by atoms with E-state index >= 15 is 0 Å². The quantitative estimate of drug-likeness (QED) is 0.872. The Morgan fingerprint density at radius 2 is 1.96 bits per heavy atom. The average molecular weight is 337 g/mol. The maximum Gasteiger partial charge on any atom is 0.185 e. The van der Waals surface area contributed by atoms with Gasteiger partial charge >= 0.3 is 0 Å². The minimum Gasteiger partial charge on any atom is -0.491 e. The SMILES string of the molecule is O[C@@H](COc1ccc(F)cc1)CN1CCN(c2nccs2)CC1. The molecule has 1 saturated heterocycles. The Hall–Kier alpha value is -1.70. The summed E-state index contributed by atoms with van der Waals surface area (Å²) < 4.78 is 18.3. The summed E-state index contributed by atoms with van der Waals surface area (Å²) in [5, 5.41) is 13.1. The van der Waals surface area contributed by atoms with Gasteiger partial charge in [-0.05, 0) is 24.3 Å². The van der Waals surface area contributed by atoms with Crippen molar-refractivity contribution in [3.8, 4) is 5.75 Å². The molecule has 2 heterocycles.